The van der Waals surface area contributed by atoms with Crippen LogP contribution in [-0.2, 0) is 29.4 Å². The van der Waals surface area contributed by atoms with Gasteiger partial charge < -0.3 is 31.1 Å². The Labute approximate surface area is 260 Å². The highest BCUT2D eigenvalue weighted by Gasteiger charge is 2.46. The third kappa shape index (κ3) is 6.80. The van der Waals surface area contributed by atoms with Gasteiger partial charge in [-0.3, -0.25) is 29.5 Å². The second-order valence-corrected chi connectivity index (χ2v) is 12.3. The van der Waals surface area contributed by atoms with Crippen molar-refractivity contribution in [1.29, 1.82) is 0 Å². The number of amides is 7. The number of likely N-dealkylation sites (tertiary alicyclic amines) is 1. The van der Waals surface area contributed by atoms with Crippen molar-refractivity contribution in [3.63, 3.8) is 0 Å². The number of hydrogen-bond donors (Lipinski definition) is 7. The van der Waals surface area contributed by atoms with E-state index in [0.29, 0.717) is 9.91 Å². The standard InChI is InChI=1S/C22H24N10O12S2/c1-22(2,18(38)39)44-28-14(11-8-45-19(23)26-11)16(36)25-10-7-30(17(10)37)20(40)29-46(42,43)32-4-3-31(21(32)41)27-15(35)9-5-12(33)13(34)6-24-9/h5-6,8,10,34H,3-4,7H2,1-2H3,(H2,23,26)(H,24,33)(H,25,36)(H,27,35)(H,29,40)(H,38,39)/b28-14-. The van der Waals surface area contributed by atoms with Crippen molar-refractivity contribution in [3.05, 3.63) is 39.3 Å². The minimum atomic E-state index is -4.90. The molecule has 24 heteroatoms. The molecule has 0 bridgehead atoms. The maximum atomic E-state index is 12.9. The maximum Gasteiger partial charge on any atom is 0.353 e. The molecule has 2 saturated heterocycles. The van der Waals surface area contributed by atoms with Crippen molar-refractivity contribution in [2.45, 2.75) is 25.5 Å². The fourth-order valence-electron chi connectivity index (χ4n) is 3.58. The quantitative estimate of drug-likeness (QED) is 0.0749. The van der Waals surface area contributed by atoms with E-state index < -0.39 is 87.6 Å². The van der Waals surface area contributed by atoms with Gasteiger partial charge in [0.05, 0.1) is 19.6 Å². The van der Waals surface area contributed by atoms with E-state index in [-0.39, 0.29) is 27.4 Å². The van der Waals surface area contributed by atoms with E-state index in [1.807, 2.05) is 0 Å². The van der Waals surface area contributed by atoms with Crippen LogP contribution >= 0.6 is 11.3 Å². The molecule has 1 unspecified atom stereocenters. The van der Waals surface area contributed by atoms with Gasteiger partial charge in [-0.15, -0.1) is 11.3 Å². The Balaban J connectivity index is 1.35. The number of aromatic hydroxyl groups is 1. The SMILES string of the molecule is CC(C)(O/N=C(\C(=O)NC1CN(C(=O)NS(=O)(=O)N2CCN(NC(=O)c3cc(=O)c(O)c[nH]3)C2=O)C1=O)c1csc(N)n1)C(=O)O. The fraction of sp³-hybridized carbons (Fsp3) is 0.318. The molecule has 0 saturated carbocycles. The zero-order chi connectivity index (χ0) is 34.1. The van der Waals surface area contributed by atoms with E-state index >= 15 is 0 Å². The number of rotatable bonds is 10. The maximum absolute atomic E-state index is 12.9. The third-order valence-corrected chi connectivity index (χ3v) is 8.22. The molecule has 246 valence electrons. The van der Waals surface area contributed by atoms with E-state index in [1.54, 1.807) is 4.72 Å². The number of carboxylic acids is 1. The highest BCUT2D eigenvalue weighted by Crippen LogP contribution is 2.18. The predicted octanol–water partition coefficient (Wildman–Crippen LogP) is -2.93. The van der Waals surface area contributed by atoms with Crippen LogP contribution in [0, 0.1) is 0 Å². The summed E-state index contributed by atoms with van der Waals surface area (Å²) in [6.07, 6.45) is 0.837. The van der Waals surface area contributed by atoms with Crippen LogP contribution in [0.3, 0.4) is 0 Å². The number of carboxylic acid groups (broad SMARTS) is 1. The number of aliphatic carboxylic acids is 1. The number of aromatic amines is 1. The first-order valence-electron chi connectivity index (χ1n) is 12.6. The lowest BCUT2D eigenvalue weighted by Crippen LogP contribution is -2.68. The first kappa shape index (κ1) is 33.1. The lowest BCUT2D eigenvalue weighted by atomic mass is 10.1. The van der Waals surface area contributed by atoms with Gasteiger partial charge in [-0.05, 0) is 13.8 Å². The predicted molar refractivity (Wildman–Crippen MR) is 152 cm³/mol. The van der Waals surface area contributed by atoms with Gasteiger partial charge >= 0.3 is 28.2 Å². The van der Waals surface area contributed by atoms with Crippen molar-refractivity contribution in [3.8, 4) is 5.75 Å². The summed E-state index contributed by atoms with van der Waals surface area (Å²) >= 11 is 0.928. The van der Waals surface area contributed by atoms with Crippen LogP contribution in [0.5, 0.6) is 5.75 Å². The summed E-state index contributed by atoms with van der Waals surface area (Å²) in [4.78, 5) is 97.6. The zero-order valence-corrected chi connectivity index (χ0v) is 25.2. The fourth-order valence-corrected chi connectivity index (χ4v) is 5.20. The second-order valence-electron chi connectivity index (χ2n) is 9.85. The molecular formula is C22H24N10O12S2. The molecule has 22 nitrogen and oxygen atoms in total. The number of carbonyl (C=O) groups is 6. The van der Waals surface area contributed by atoms with Crippen molar-refractivity contribution in [2.75, 3.05) is 25.4 Å². The van der Waals surface area contributed by atoms with Crippen LogP contribution in [0.2, 0.25) is 0 Å². The molecule has 4 rings (SSSR count). The van der Waals surface area contributed by atoms with E-state index in [4.69, 9.17) is 10.6 Å². The number of nitrogens with one attached hydrogen (secondary N) is 4. The van der Waals surface area contributed by atoms with Crippen molar-refractivity contribution < 1.29 is 52.2 Å². The van der Waals surface area contributed by atoms with Crippen molar-refractivity contribution in [1.82, 2.24) is 39.6 Å². The summed E-state index contributed by atoms with van der Waals surface area (Å²) in [7, 11) is -4.90. The summed E-state index contributed by atoms with van der Waals surface area (Å²) in [5.74, 6) is -5.19. The Morgan fingerprint density at radius 3 is 2.50 bits per heavy atom. The molecule has 0 aliphatic carbocycles. The molecular weight excluding hydrogens is 660 g/mol. The Hall–Kier alpha value is -5.78. The van der Waals surface area contributed by atoms with Gasteiger partial charge in [0.2, 0.25) is 11.0 Å². The number of H-pyrrole nitrogens is 1. The summed E-state index contributed by atoms with van der Waals surface area (Å²) in [5.41, 5.74) is 3.93. The van der Waals surface area contributed by atoms with E-state index in [0.717, 1.165) is 37.4 Å². The van der Waals surface area contributed by atoms with Crippen molar-refractivity contribution in [2.24, 2.45) is 5.16 Å². The minimum absolute atomic E-state index is 0.0347. The molecule has 8 N–H and O–H groups in total. The molecule has 46 heavy (non-hydrogen) atoms. The highest BCUT2D eigenvalue weighted by atomic mass is 32.2. The number of nitrogens with two attached hydrogens (primary N) is 1. The van der Waals surface area contributed by atoms with Crippen LogP contribution in [0.15, 0.2) is 27.6 Å². The smallest absolute Gasteiger partial charge is 0.353 e. The van der Waals surface area contributed by atoms with Gasteiger partial charge in [0.15, 0.2) is 16.6 Å². The molecule has 7 amide bonds. The first-order chi connectivity index (χ1) is 21.4. The Morgan fingerprint density at radius 1 is 1.22 bits per heavy atom. The molecule has 2 aromatic heterocycles. The number of imide groups is 1. The molecule has 2 aromatic rings. The lowest BCUT2D eigenvalue weighted by Gasteiger charge is -2.36. The van der Waals surface area contributed by atoms with Crippen LogP contribution < -0.4 is 26.6 Å². The van der Waals surface area contributed by atoms with Crippen LogP contribution in [0.4, 0.5) is 14.7 Å². The topological polar surface area (TPSA) is 316 Å². The van der Waals surface area contributed by atoms with Gasteiger partial charge in [0.1, 0.15) is 17.4 Å². The Morgan fingerprint density at radius 2 is 1.91 bits per heavy atom. The number of nitrogen functional groups attached to an aromatic ring is 1. The number of urea groups is 2. The lowest BCUT2D eigenvalue weighted by molar-refractivity contribution is -0.161. The molecule has 4 heterocycles. The third-order valence-electron chi connectivity index (χ3n) is 6.19. The van der Waals surface area contributed by atoms with Gasteiger partial charge in [-0.1, -0.05) is 5.16 Å². The number of pyridine rings is 1. The number of thiazole rings is 1. The number of hydrazine groups is 1. The largest absolute Gasteiger partial charge is 0.503 e. The molecule has 2 aliphatic heterocycles. The number of β-lactam (4-membered cyclic amide) rings is 1. The summed E-state index contributed by atoms with van der Waals surface area (Å²) in [5, 5.41) is 26.3. The molecule has 0 aromatic carbocycles. The van der Waals surface area contributed by atoms with Crippen LogP contribution in [0.25, 0.3) is 0 Å². The minimum Gasteiger partial charge on any atom is -0.503 e. The number of anilines is 1. The summed E-state index contributed by atoms with van der Waals surface area (Å²) in [6.45, 7) is 0.924. The second kappa shape index (κ2) is 12.3. The van der Waals surface area contributed by atoms with E-state index in [9.17, 15) is 52.2 Å². The summed E-state index contributed by atoms with van der Waals surface area (Å²) in [6, 6.07) is -3.34. The molecule has 1 atom stereocenters. The van der Waals surface area contributed by atoms with E-state index in [2.05, 4.69) is 25.9 Å². The molecule has 0 radical (unpaired) electrons. The van der Waals surface area contributed by atoms with Gasteiger partial charge in [0.25, 0.3) is 17.7 Å². The molecule has 0 spiro atoms. The van der Waals surface area contributed by atoms with Crippen LogP contribution in [0.1, 0.15) is 30.0 Å². The highest BCUT2D eigenvalue weighted by molar-refractivity contribution is 7.88. The number of carbonyl (C=O) groups excluding carboxylic acids is 5. The van der Waals surface area contributed by atoms with Crippen molar-refractivity contribution >= 4 is 68.1 Å². The van der Waals surface area contributed by atoms with E-state index in [1.165, 1.54) is 5.38 Å². The number of hydrogen-bond acceptors (Lipinski definition) is 15. The summed E-state index contributed by atoms with van der Waals surface area (Å²) < 4.78 is 27.3. The molecule has 2 fully saturated rings. The number of aromatic nitrogens is 2. The zero-order valence-electron chi connectivity index (χ0n) is 23.5. The van der Waals surface area contributed by atoms with Crippen LogP contribution in [-0.4, -0.2) is 116 Å². The number of oxime groups is 1. The number of nitrogens with zero attached hydrogens (tertiary/aromatic N) is 5. The normalized spacial score (nSPS) is 17.0. The molecule has 2 aliphatic rings. The average Bonchev–Trinajstić information content (AvgIpc) is 3.56. The van der Waals surface area contributed by atoms with Gasteiger partial charge in [-0.25, -0.2) is 33.4 Å². The van der Waals surface area contributed by atoms with Gasteiger partial charge in [0, 0.05) is 17.6 Å². The Kier molecular flexibility index (Phi) is 8.86. The van der Waals surface area contributed by atoms with Gasteiger partial charge in [-0.2, -0.15) is 8.42 Å². The monoisotopic (exact) mass is 684 g/mol. The first-order valence-corrected chi connectivity index (χ1v) is 14.9. The average molecular weight is 685 g/mol. The Bertz CT molecular complexity index is 1840.